The lowest BCUT2D eigenvalue weighted by atomic mass is 9.64. The van der Waals surface area contributed by atoms with E-state index >= 15 is 0 Å². The summed E-state index contributed by atoms with van der Waals surface area (Å²) in [7, 11) is 0. The molecule has 0 amide bonds. The minimum absolute atomic E-state index is 0.0847. The first kappa shape index (κ1) is 17.2. The number of rotatable bonds is 3. The fourth-order valence-corrected chi connectivity index (χ4v) is 5.64. The lowest BCUT2D eigenvalue weighted by Gasteiger charge is -2.56. The molecule has 2 N–H and O–H groups in total. The fourth-order valence-electron chi connectivity index (χ4n) is 5.40. The summed E-state index contributed by atoms with van der Waals surface area (Å²) in [6.07, 6.45) is 0. The molecule has 0 saturated carbocycles. The van der Waals surface area contributed by atoms with E-state index in [2.05, 4.69) is 62.9 Å². The van der Waals surface area contributed by atoms with Gasteiger partial charge >= 0.3 is 0 Å². The van der Waals surface area contributed by atoms with E-state index in [1.54, 1.807) is 0 Å². The smallest absolute Gasteiger partial charge is 0.171 e. The SMILES string of the molecule is S=C(Nc1ccccc1)N[C@@H]1C2CN3CCN(C2)CC1(c1ccccc1)C3. The molecule has 6 rings (SSSR count). The van der Waals surface area contributed by atoms with Crippen molar-refractivity contribution >= 4 is 23.0 Å². The van der Waals surface area contributed by atoms with Crippen molar-refractivity contribution in [3.05, 3.63) is 66.2 Å². The van der Waals surface area contributed by atoms with Crippen molar-refractivity contribution in [1.29, 1.82) is 0 Å². The van der Waals surface area contributed by atoms with E-state index in [-0.39, 0.29) is 5.41 Å². The second-order valence-electron chi connectivity index (χ2n) is 8.19. The minimum Gasteiger partial charge on any atom is -0.358 e. The monoisotopic (exact) mass is 378 g/mol. The van der Waals surface area contributed by atoms with Gasteiger partial charge in [0.25, 0.3) is 0 Å². The van der Waals surface area contributed by atoms with Crippen LogP contribution in [0.3, 0.4) is 0 Å². The Bertz CT molecular complexity index is 794. The summed E-state index contributed by atoms with van der Waals surface area (Å²) in [5.41, 5.74) is 2.56. The van der Waals surface area contributed by atoms with Crippen molar-refractivity contribution in [2.24, 2.45) is 5.92 Å². The van der Waals surface area contributed by atoms with Crippen LogP contribution in [-0.2, 0) is 5.41 Å². The fraction of sp³-hybridized carbons (Fsp3) is 0.409. The van der Waals surface area contributed by atoms with Crippen molar-refractivity contribution in [2.45, 2.75) is 11.5 Å². The molecule has 0 aromatic heterocycles. The molecule has 4 fully saturated rings. The second kappa shape index (κ2) is 6.89. The molecule has 27 heavy (non-hydrogen) atoms. The van der Waals surface area contributed by atoms with Gasteiger partial charge in [0.05, 0.1) is 0 Å². The van der Waals surface area contributed by atoms with Crippen LogP contribution in [-0.4, -0.2) is 60.2 Å². The maximum Gasteiger partial charge on any atom is 0.171 e. The van der Waals surface area contributed by atoms with Gasteiger partial charge in [0.1, 0.15) is 0 Å². The Morgan fingerprint density at radius 2 is 1.48 bits per heavy atom. The Hall–Kier alpha value is -1.95. The van der Waals surface area contributed by atoms with Crippen LogP contribution in [0.1, 0.15) is 5.56 Å². The maximum absolute atomic E-state index is 5.72. The minimum atomic E-state index is 0.0847. The van der Waals surface area contributed by atoms with Crippen LogP contribution in [0.2, 0.25) is 0 Å². The molecular weight excluding hydrogens is 352 g/mol. The van der Waals surface area contributed by atoms with E-state index in [0.717, 1.165) is 37.0 Å². The molecule has 0 radical (unpaired) electrons. The maximum atomic E-state index is 5.72. The highest BCUT2D eigenvalue weighted by Crippen LogP contribution is 2.43. The molecule has 2 unspecified atom stereocenters. The van der Waals surface area contributed by atoms with Crippen molar-refractivity contribution < 1.29 is 0 Å². The van der Waals surface area contributed by atoms with Crippen LogP contribution in [0, 0.1) is 5.92 Å². The van der Waals surface area contributed by atoms with Gasteiger partial charge in [-0.15, -0.1) is 0 Å². The third-order valence-corrected chi connectivity index (χ3v) is 6.68. The summed E-state index contributed by atoms with van der Waals surface area (Å²) in [5.74, 6) is 0.589. The molecule has 0 spiro atoms. The number of hydrogen-bond acceptors (Lipinski definition) is 3. The van der Waals surface area contributed by atoms with E-state index in [9.17, 15) is 0 Å². The molecule has 2 aromatic rings. The van der Waals surface area contributed by atoms with Crippen LogP contribution < -0.4 is 10.6 Å². The van der Waals surface area contributed by atoms with E-state index < -0.39 is 0 Å². The van der Waals surface area contributed by atoms with Gasteiger partial charge in [0.15, 0.2) is 5.11 Å². The zero-order valence-electron chi connectivity index (χ0n) is 15.5. The van der Waals surface area contributed by atoms with E-state index in [4.69, 9.17) is 12.2 Å². The molecule has 0 aliphatic carbocycles. The average molecular weight is 379 g/mol. The van der Waals surface area contributed by atoms with E-state index in [0.29, 0.717) is 12.0 Å². The zero-order chi connectivity index (χ0) is 18.3. The van der Waals surface area contributed by atoms with E-state index in [1.165, 1.54) is 18.7 Å². The van der Waals surface area contributed by atoms with Gasteiger partial charge in [0, 0.05) is 62.3 Å². The molecular formula is C22H26N4S. The highest BCUT2D eigenvalue weighted by atomic mass is 32.1. The average Bonchev–Trinajstić information content (AvgIpc) is 2.94. The van der Waals surface area contributed by atoms with Crippen molar-refractivity contribution in [3.8, 4) is 0 Å². The predicted molar refractivity (Wildman–Crippen MR) is 114 cm³/mol. The van der Waals surface area contributed by atoms with Gasteiger partial charge in [-0.1, -0.05) is 48.5 Å². The van der Waals surface area contributed by atoms with Gasteiger partial charge in [-0.25, -0.2) is 0 Å². The summed E-state index contributed by atoms with van der Waals surface area (Å²) >= 11 is 5.72. The van der Waals surface area contributed by atoms with Crippen molar-refractivity contribution in [3.63, 3.8) is 0 Å². The third-order valence-electron chi connectivity index (χ3n) is 6.46. The van der Waals surface area contributed by atoms with Crippen molar-refractivity contribution in [2.75, 3.05) is 44.6 Å². The van der Waals surface area contributed by atoms with Crippen molar-refractivity contribution in [1.82, 2.24) is 15.1 Å². The number of benzene rings is 2. The first-order chi connectivity index (χ1) is 13.2. The quantitative estimate of drug-likeness (QED) is 0.802. The molecule has 4 nitrogen and oxygen atoms in total. The molecule has 3 atom stereocenters. The topological polar surface area (TPSA) is 30.5 Å². The van der Waals surface area contributed by atoms with Crippen LogP contribution in [0.15, 0.2) is 60.7 Å². The Labute approximate surface area is 166 Å². The number of hydrogen-bond donors (Lipinski definition) is 2. The molecule has 4 aliphatic rings. The van der Waals surface area contributed by atoms with Gasteiger partial charge < -0.3 is 20.4 Å². The predicted octanol–water partition coefficient (Wildman–Crippen LogP) is 2.54. The standard InChI is InChI=1S/C22H26N4S/c27-21(23-19-9-5-2-6-10-19)24-20-17-13-25-11-12-26(14-17)16-22(20,15-25)18-7-3-1-4-8-18/h1-10,17,20H,11-16H2,(H2,23,24,27)/t17?,20-,22?/m1/s1. The second-order valence-corrected chi connectivity index (χ2v) is 8.60. The highest BCUT2D eigenvalue weighted by Gasteiger charge is 2.55. The van der Waals surface area contributed by atoms with Crippen LogP contribution in [0.4, 0.5) is 5.69 Å². The largest absolute Gasteiger partial charge is 0.358 e. The Morgan fingerprint density at radius 3 is 2.11 bits per heavy atom. The van der Waals surface area contributed by atoms with E-state index in [1.807, 2.05) is 18.2 Å². The summed E-state index contributed by atoms with van der Waals surface area (Å²) in [6.45, 7) is 6.91. The Morgan fingerprint density at radius 1 is 0.889 bits per heavy atom. The lowest BCUT2D eigenvalue weighted by Crippen LogP contribution is -2.71. The number of para-hydroxylation sites is 1. The van der Waals surface area contributed by atoms with Gasteiger partial charge in [0.2, 0.25) is 0 Å². The number of anilines is 1. The molecule has 140 valence electrons. The number of fused-ring (bicyclic) bond motifs is 1. The first-order valence-corrected chi connectivity index (χ1v) is 10.3. The summed E-state index contributed by atoms with van der Waals surface area (Å²) in [6, 6.07) is 21.6. The molecule has 4 bridgehead atoms. The number of piperidine rings is 2. The number of thiocarbonyl (C=S) groups is 1. The van der Waals surface area contributed by atoms with Crippen LogP contribution >= 0.6 is 12.2 Å². The van der Waals surface area contributed by atoms with Gasteiger partial charge in [-0.2, -0.15) is 0 Å². The lowest BCUT2D eigenvalue weighted by molar-refractivity contribution is 0.0269. The summed E-state index contributed by atoms with van der Waals surface area (Å²) < 4.78 is 0. The molecule has 4 aliphatic heterocycles. The molecule has 4 heterocycles. The van der Waals surface area contributed by atoms with Crippen LogP contribution in [0.5, 0.6) is 0 Å². The van der Waals surface area contributed by atoms with Gasteiger partial charge in [-0.3, -0.25) is 0 Å². The van der Waals surface area contributed by atoms with Gasteiger partial charge in [-0.05, 0) is 29.9 Å². The molecule has 4 saturated heterocycles. The summed E-state index contributed by atoms with van der Waals surface area (Å²) in [5, 5.41) is 7.86. The number of nitrogens with zero attached hydrogens (tertiary/aromatic N) is 2. The molecule has 5 heteroatoms. The Balaban J connectivity index is 1.45. The Kier molecular flexibility index (Phi) is 4.38. The molecule has 2 aromatic carbocycles. The highest BCUT2D eigenvalue weighted by molar-refractivity contribution is 7.80. The normalized spacial score (nSPS) is 34.1. The zero-order valence-corrected chi connectivity index (χ0v) is 16.3. The first-order valence-electron chi connectivity index (χ1n) is 9.86. The number of nitrogens with one attached hydrogen (secondary N) is 2. The van der Waals surface area contributed by atoms with Crippen LogP contribution in [0.25, 0.3) is 0 Å². The summed E-state index contributed by atoms with van der Waals surface area (Å²) in [4.78, 5) is 5.33. The third kappa shape index (κ3) is 3.14.